The van der Waals surface area contributed by atoms with Crippen LogP contribution in [0.25, 0.3) is 0 Å². The minimum Gasteiger partial charge on any atom is -0.365 e. The van der Waals surface area contributed by atoms with Crippen molar-refractivity contribution in [1.29, 1.82) is 0 Å². The molecule has 5 nitrogen and oxygen atoms in total. The van der Waals surface area contributed by atoms with Crippen molar-refractivity contribution in [3.63, 3.8) is 0 Å². The van der Waals surface area contributed by atoms with Gasteiger partial charge in [-0.05, 0) is 48.9 Å². The van der Waals surface area contributed by atoms with Gasteiger partial charge in [-0.2, -0.15) is 0 Å². The largest absolute Gasteiger partial charge is 0.365 e. The summed E-state index contributed by atoms with van der Waals surface area (Å²) in [7, 11) is 0. The van der Waals surface area contributed by atoms with Crippen LogP contribution in [0.3, 0.4) is 0 Å². The first-order valence-electron chi connectivity index (χ1n) is 7.72. The first-order chi connectivity index (χ1) is 11.4. The molecule has 0 aliphatic heterocycles. The molecule has 0 radical (unpaired) electrons. The van der Waals surface area contributed by atoms with E-state index in [9.17, 15) is 9.59 Å². The third kappa shape index (κ3) is 3.55. The van der Waals surface area contributed by atoms with E-state index in [0.717, 1.165) is 29.7 Å². The van der Waals surface area contributed by atoms with Gasteiger partial charge in [0.05, 0.1) is 5.56 Å². The highest BCUT2D eigenvalue weighted by Gasteiger charge is 2.27. The van der Waals surface area contributed by atoms with Crippen molar-refractivity contribution in [2.75, 3.05) is 10.6 Å². The van der Waals surface area contributed by atoms with E-state index < -0.39 is 11.9 Å². The molecule has 1 atom stereocenters. The normalized spacial score (nSPS) is 16.3. The van der Waals surface area contributed by atoms with Crippen molar-refractivity contribution in [1.82, 2.24) is 0 Å². The summed E-state index contributed by atoms with van der Waals surface area (Å²) in [5.41, 5.74) is 7.56. The van der Waals surface area contributed by atoms with E-state index in [1.165, 1.54) is 11.3 Å². The molecule has 0 spiro atoms. The van der Waals surface area contributed by atoms with Crippen molar-refractivity contribution >= 4 is 45.6 Å². The Balaban J connectivity index is 1.82. The summed E-state index contributed by atoms with van der Waals surface area (Å²) in [5.74, 6) is 0.0742. The van der Waals surface area contributed by atoms with Crippen LogP contribution in [0.4, 0.5) is 15.5 Å². The molecular weight excluding hydrogens is 346 g/mol. The van der Waals surface area contributed by atoms with Gasteiger partial charge in [-0.1, -0.05) is 24.6 Å². The molecule has 3 amide bonds. The fourth-order valence-corrected chi connectivity index (χ4v) is 4.53. The maximum Gasteiger partial charge on any atom is 0.324 e. The molecule has 1 aromatic carbocycles. The third-order valence-electron chi connectivity index (χ3n) is 4.07. The van der Waals surface area contributed by atoms with E-state index in [1.54, 1.807) is 24.3 Å². The van der Waals surface area contributed by atoms with Gasteiger partial charge in [0.1, 0.15) is 5.00 Å². The summed E-state index contributed by atoms with van der Waals surface area (Å²) in [4.78, 5) is 25.2. The lowest BCUT2D eigenvalue weighted by Gasteiger charge is -2.18. The minimum absolute atomic E-state index is 0.425. The van der Waals surface area contributed by atoms with Crippen LogP contribution in [0.5, 0.6) is 0 Å². The van der Waals surface area contributed by atoms with Gasteiger partial charge in [-0.25, -0.2) is 4.79 Å². The van der Waals surface area contributed by atoms with Crippen LogP contribution >= 0.6 is 22.9 Å². The van der Waals surface area contributed by atoms with Crippen LogP contribution in [0, 0.1) is 5.92 Å². The molecule has 2 aromatic rings. The summed E-state index contributed by atoms with van der Waals surface area (Å²) < 4.78 is 0. The molecule has 0 saturated carbocycles. The standard InChI is InChI=1S/C17H18ClN3O2S/c1-9-5-6-12-13(7-9)24-16(14(12)15(19)22)21-17(23)20-11-4-2-3-10(18)8-11/h2-4,8-9H,5-7H2,1H3,(H2,19,22)(H2,20,21,23)/t9-/m0/s1. The molecule has 1 aliphatic rings. The predicted octanol–water partition coefficient (Wildman–Crippen LogP) is 4.27. The van der Waals surface area contributed by atoms with Crippen molar-refractivity contribution in [3.8, 4) is 0 Å². The van der Waals surface area contributed by atoms with Gasteiger partial charge in [-0.15, -0.1) is 11.3 Å². The molecule has 0 bridgehead atoms. The highest BCUT2D eigenvalue weighted by atomic mass is 35.5. The lowest BCUT2D eigenvalue weighted by Crippen LogP contribution is -2.22. The number of carbonyl (C=O) groups excluding carboxylic acids is 2. The molecule has 4 N–H and O–H groups in total. The molecular formula is C17H18ClN3O2S. The summed E-state index contributed by atoms with van der Waals surface area (Å²) in [6.45, 7) is 2.19. The smallest absolute Gasteiger partial charge is 0.324 e. The van der Waals surface area contributed by atoms with E-state index in [2.05, 4.69) is 17.6 Å². The highest BCUT2D eigenvalue weighted by Crippen LogP contribution is 2.39. The van der Waals surface area contributed by atoms with Gasteiger partial charge >= 0.3 is 6.03 Å². The number of amides is 3. The first-order valence-corrected chi connectivity index (χ1v) is 8.91. The molecule has 1 heterocycles. The SMILES string of the molecule is C[C@H]1CCc2c(sc(NC(=O)Nc3cccc(Cl)c3)c2C(N)=O)C1. The number of anilines is 2. The number of thiophene rings is 1. The monoisotopic (exact) mass is 363 g/mol. The average molecular weight is 364 g/mol. The van der Waals surface area contributed by atoms with E-state index in [1.807, 2.05) is 0 Å². The number of fused-ring (bicyclic) bond motifs is 1. The maximum atomic E-state index is 12.2. The quantitative estimate of drug-likeness (QED) is 0.760. The summed E-state index contributed by atoms with van der Waals surface area (Å²) in [6, 6.07) is 6.44. The molecule has 7 heteroatoms. The molecule has 1 aromatic heterocycles. The number of carbonyl (C=O) groups is 2. The number of hydrogen-bond donors (Lipinski definition) is 3. The summed E-state index contributed by atoms with van der Waals surface area (Å²) >= 11 is 7.34. The third-order valence-corrected chi connectivity index (χ3v) is 5.47. The molecule has 126 valence electrons. The van der Waals surface area contributed by atoms with Gasteiger partial charge < -0.3 is 11.1 Å². The topological polar surface area (TPSA) is 84.2 Å². The Hall–Kier alpha value is -2.05. The van der Waals surface area contributed by atoms with Crippen molar-refractivity contribution < 1.29 is 9.59 Å². The van der Waals surface area contributed by atoms with E-state index in [4.69, 9.17) is 17.3 Å². The van der Waals surface area contributed by atoms with Crippen LogP contribution in [0.15, 0.2) is 24.3 Å². The maximum absolute atomic E-state index is 12.2. The Labute approximate surface area is 149 Å². The van der Waals surface area contributed by atoms with Crippen LogP contribution in [-0.2, 0) is 12.8 Å². The van der Waals surface area contributed by atoms with Crippen molar-refractivity contribution in [3.05, 3.63) is 45.3 Å². The summed E-state index contributed by atoms with van der Waals surface area (Å²) in [5, 5.41) is 6.51. The zero-order chi connectivity index (χ0) is 17.3. The Morgan fingerprint density at radius 3 is 2.83 bits per heavy atom. The van der Waals surface area contributed by atoms with Gasteiger partial charge in [0.25, 0.3) is 5.91 Å². The second-order valence-corrected chi connectivity index (χ2v) is 7.55. The summed E-state index contributed by atoms with van der Waals surface area (Å²) in [6.07, 6.45) is 2.76. The van der Waals surface area contributed by atoms with Crippen molar-refractivity contribution in [2.45, 2.75) is 26.2 Å². The van der Waals surface area contributed by atoms with Crippen molar-refractivity contribution in [2.24, 2.45) is 11.7 Å². The van der Waals surface area contributed by atoms with Crippen LogP contribution < -0.4 is 16.4 Å². The Bertz CT molecular complexity index is 803. The Morgan fingerprint density at radius 2 is 2.12 bits per heavy atom. The Kier molecular flexibility index (Phi) is 4.78. The second-order valence-electron chi connectivity index (χ2n) is 6.01. The van der Waals surface area contributed by atoms with E-state index in [0.29, 0.717) is 27.2 Å². The molecule has 3 rings (SSSR count). The number of primary amides is 1. The van der Waals surface area contributed by atoms with Gasteiger partial charge in [0.2, 0.25) is 0 Å². The average Bonchev–Trinajstić information content (AvgIpc) is 2.83. The molecule has 1 aliphatic carbocycles. The van der Waals surface area contributed by atoms with Crippen LogP contribution in [0.1, 0.15) is 34.1 Å². The lowest BCUT2D eigenvalue weighted by atomic mass is 9.88. The number of nitrogens with two attached hydrogens (primary N) is 1. The van der Waals surface area contributed by atoms with Gasteiger partial charge in [0.15, 0.2) is 0 Å². The zero-order valence-corrected chi connectivity index (χ0v) is 14.8. The molecule has 0 unspecified atom stereocenters. The lowest BCUT2D eigenvalue weighted by molar-refractivity contribution is 0.100. The molecule has 0 fully saturated rings. The number of urea groups is 1. The number of benzene rings is 1. The number of halogens is 1. The fraction of sp³-hybridized carbons (Fsp3) is 0.294. The van der Waals surface area contributed by atoms with Gasteiger partial charge in [-0.3, -0.25) is 10.1 Å². The van der Waals surface area contributed by atoms with E-state index >= 15 is 0 Å². The van der Waals surface area contributed by atoms with E-state index in [-0.39, 0.29) is 0 Å². The van der Waals surface area contributed by atoms with Gasteiger partial charge in [0, 0.05) is 15.6 Å². The number of hydrogen-bond acceptors (Lipinski definition) is 3. The molecule has 0 saturated heterocycles. The minimum atomic E-state index is -0.500. The fourth-order valence-electron chi connectivity index (χ4n) is 2.93. The predicted molar refractivity (Wildman–Crippen MR) is 98.1 cm³/mol. The number of rotatable bonds is 3. The first kappa shape index (κ1) is 16.8. The zero-order valence-electron chi connectivity index (χ0n) is 13.2. The Morgan fingerprint density at radius 1 is 1.33 bits per heavy atom. The van der Waals surface area contributed by atoms with Crippen LogP contribution in [-0.4, -0.2) is 11.9 Å². The molecule has 24 heavy (non-hydrogen) atoms. The second kappa shape index (κ2) is 6.83. The van der Waals surface area contributed by atoms with Crippen LogP contribution in [0.2, 0.25) is 5.02 Å². The number of nitrogens with one attached hydrogen (secondary N) is 2. The highest BCUT2D eigenvalue weighted by molar-refractivity contribution is 7.17.